The zero-order chi connectivity index (χ0) is 17.4. The van der Waals surface area contributed by atoms with Gasteiger partial charge in [0.05, 0.1) is 36.3 Å². The fraction of sp³-hybridized carbons (Fsp3) is 0.643. The molecule has 2 unspecified atom stereocenters. The summed E-state index contributed by atoms with van der Waals surface area (Å²) >= 11 is 1.35. The summed E-state index contributed by atoms with van der Waals surface area (Å²) in [7, 11) is 1.23. The van der Waals surface area contributed by atoms with Gasteiger partial charge in [-0.05, 0) is 13.3 Å². The molecule has 8 nitrogen and oxygen atoms in total. The van der Waals surface area contributed by atoms with Gasteiger partial charge in [0, 0.05) is 5.75 Å². The van der Waals surface area contributed by atoms with Gasteiger partial charge >= 0.3 is 18.2 Å². The van der Waals surface area contributed by atoms with E-state index in [0.29, 0.717) is 30.0 Å². The molecule has 0 spiro atoms. The van der Waals surface area contributed by atoms with Crippen LogP contribution in [-0.2, 0) is 14.3 Å². The first-order valence-corrected chi connectivity index (χ1v) is 8.35. The highest BCUT2D eigenvalue weighted by Crippen LogP contribution is 2.37. The minimum absolute atomic E-state index is 0.188. The maximum Gasteiger partial charge on any atom is 0.411 e. The Morgan fingerprint density at radius 2 is 2.00 bits per heavy atom. The van der Waals surface area contributed by atoms with Crippen molar-refractivity contribution in [3.63, 3.8) is 0 Å². The molecule has 0 aromatic carbocycles. The van der Waals surface area contributed by atoms with Gasteiger partial charge in [-0.1, -0.05) is 13.3 Å². The molecular formula is C14H22N2O6S. The maximum absolute atomic E-state index is 11.7. The Balaban J connectivity index is 3.06. The molecule has 2 amide bonds. The van der Waals surface area contributed by atoms with Crippen molar-refractivity contribution < 1.29 is 29.0 Å². The lowest BCUT2D eigenvalue weighted by atomic mass is 9.97. The van der Waals surface area contributed by atoms with E-state index in [1.54, 1.807) is 6.92 Å². The second kappa shape index (κ2) is 9.29. The number of carboxylic acid groups (broad SMARTS) is 1. The summed E-state index contributed by atoms with van der Waals surface area (Å²) in [5.41, 5.74) is 0.793. The molecular weight excluding hydrogens is 324 g/mol. The van der Waals surface area contributed by atoms with Gasteiger partial charge in [-0.2, -0.15) is 0 Å². The van der Waals surface area contributed by atoms with Gasteiger partial charge in [0.25, 0.3) is 0 Å². The van der Waals surface area contributed by atoms with Crippen LogP contribution >= 0.6 is 11.8 Å². The van der Waals surface area contributed by atoms with Gasteiger partial charge in [0.1, 0.15) is 0 Å². The van der Waals surface area contributed by atoms with Crippen molar-refractivity contribution in [2.24, 2.45) is 5.92 Å². The molecule has 0 aromatic heterocycles. The molecule has 1 heterocycles. The molecule has 1 rings (SSSR count). The van der Waals surface area contributed by atoms with E-state index in [1.165, 1.54) is 18.9 Å². The number of aliphatic carboxylic acids is 1. The first kappa shape index (κ1) is 19.1. The first-order chi connectivity index (χ1) is 10.9. The monoisotopic (exact) mass is 346 g/mol. The lowest BCUT2D eigenvalue weighted by molar-refractivity contribution is -0.141. The number of carbonyl (C=O) groups excluding carboxylic acids is 2. The Hall–Kier alpha value is -1.90. The SMILES string of the molecule is CCCC(C(=O)O)C1SCC(NC(=O)OC)=C1NC(=O)OCC. The number of ether oxygens (including phenoxy) is 2. The van der Waals surface area contributed by atoms with E-state index in [2.05, 4.69) is 15.4 Å². The summed E-state index contributed by atoms with van der Waals surface area (Å²) < 4.78 is 9.40. The van der Waals surface area contributed by atoms with Crippen LogP contribution in [0, 0.1) is 5.92 Å². The topological polar surface area (TPSA) is 114 Å². The molecule has 9 heteroatoms. The molecule has 23 heavy (non-hydrogen) atoms. The minimum Gasteiger partial charge on any atom is -0.481 e. The third kappa shape index (κ3) is 5.34. The van der Waals surface area contributed by atoms with Crippen LogP contribution in [0.3, 0.4) is 0 Å². The molecule has 130 valence electrons. The van der Waals surface area contributed by atoms with Crippen molar-refractivity contribution in [2.75, 3.05) is 19.5 Å². The average Bonchev–Trinajstić information content (AvgIpc) is 2.87. The summed E-state index contributed by atoms with van der Waals surface area (Å²) in [5, 5.41) is 14.1. The molecule has 1 aliphatic rings. The number of methoxy groups -OCH3 is 1. The van der Waals surface area contributed by atoms with E-state index in [1.807, 2.05) is 6.92 Å². The molecule has 0 aromatic rings. The highest BCUT2D eigenvalue weighted by Gasteiger charge is 2.38. The first-order valence-electron chi connectivity index (χ1n) is 7.30. The van der Waals surface area contributed by atoms with Crippen LogP contribution in [-0.4, -0.2) is 48.0 Å². The molecule has 0 bridgehead atoms. The van der Waals surface area contributed by atoms with E-state index in [9.17, 15) is 19.5 Å². The maximum atomic E-state index is 11.7. The Morgan fingerprint density at radius 1 is 1.30 bits per heavy atom. The van der Waals surface area contributed by atoms with Crippen LogP contribution in [0.4, 0.5) is 9.59 Å². The Labute approximate surface area is 139 Å². The predicted octanol–water partition coefficient (Wildman–Crippen LogP) is 1.92. The zero-order valence-electron chi connectivity index (χ0n) is 13.4. The molecule has 0 aliphatic carbocycles. The number of thioether (sulfide) groups is 1. The fourth-order valence-corrected chi connectivity index (χ4v) is 3.67. The molecule has 0 saturated carbocycles. The van der Waals surface area contributed by atoms with Crippen LogP contribution in [0.1, 0.15) is 26.7 Å². The van der Waals surface area contributed by atoms with E-state index in [4.69, 9.17) is 4.74 Å². The van der Waals surface area contributed by atoms with Crippen LogP contribution in [0.2, 0.25) is 0 Å². The molecule has 2 atom stereocenters. The number of hydrogen-bond donors (Lipinski definition) is 3. The molecule has 3 N–H and O–H groups in total. The largest absolute Gasteiger partial charge is 0.481 e. The van der Waals surface area contributed by atoms with Gasteiger partial charge in [-0.3, -0.25) is 15.4 Å². The van der Waals surface area contributed by atoms with Gasteiger partial charge in [0.15, 0.2) is 0 Å². The van der Waals surface area contributed by atoms with E-state index < -0.39 is 29.3 Å². The predicted molar refractivity (Wildman–Crippen MR) is 85.0 cm³/mol. The minimum atomic E-state index is -0.938. The van der Waals surface area contributed by atoms with Crippen molar-refractivity contribution in [3.8, 4) is 0 Å². The smallest absolute Gasteiger partial charge is 0.411 e. The van der Waals surface area contributed by atoms with Crippen LogP contribution in [0.15, 0.2) is 11.4 Å². The number of hydrogen-bond acceptors (Lipinski definition) is 6. The van der Waals surface area contributed by atoms with Crippen LogP contribution in [0.25, 0.3) is 0 Å². The number of carboxylic acids is 1. The Bertz CT molecular complexity index is 494. The zero-order valence-corrected chi connectivity index (χ0v) is 14.2. The third-order valence-corrected chi connectivity index (χ3v) is 4.63. The van der Waals surface area contributed by atoms with Gasteiger partial charge in [0.2, 0.25) is 0 Å². The number of amides is 2. The third-order valence-electron chi connectivity index (χ3n) is 3.25. The highest BCUT2D eigenvalue weighted by atomic mass is 32.2. The summed E-state index contributed by atoms with van der Waals surface area (Å²) in [5.74, 6) is -1.24. The molecule has 0 fully saturated rings. The van der Waals surface area contributed by atoms with E-state index >= 15 is 0 Å². The fourth-order valence-electron chi connectivity index (χ4n) is 2.24. The van der Waals surface area contributed by atoms with Crippen LogP contribution in [0.5, 0.6) is 0 Å². The standard InChI is InChI=1S/C14H22N2O6S/c1-4-6-8(12(17)18)11-10(16-14(20)22-5-2)9(7-23-11)15-13(19)21-3/h8,11H,4-7H2,1-3H3,(H,15,19)(H,16,20)(H,17,18). The van der Waals surface area contributed by atoms with Crippen molar-refractivity contribution in [1.29, 1.82) is 0 Å². The van der Waals surface area contributed by atoms with Crippen molar-refractivity contribution in [2.45, 2.75) is 31.9 Å². The van der Waals surface area contributed by atoms with E-state index in [-0.39, 0.29) is 6.61 Å². The number of alkyl carbamates (subject to hydrolysis) is 2. The van der Waals surface area contributed by atoms with Crippen molar-refractivity contribution in [3.05, 3.63) is 11.4 Å². The number of carbonyl (C=O) groups is 3. The lowest BCUT2D eigenvalue weighted by Gasteiger charge is -2.22. The normalized spacial score (nSPS) is 18.3. The summed E-state index contributed by atoms with van der Waals surface area (Å²) in [6, 6.07) is 0. The van der Waals surface area contributed by atoms with Crippen LogP contribution < -0.4 is 10.6 Å². The summed E-state index contributed by atoms with van der Waals surface area (Å²) in [6.45, 7) is 3.75. The second-order valence-electron chi connectivity index (χ2n) is 4.82. The van der Waals surface area contributed by atoms with Crippen molar-refractivity contribution in [1.82, 2.24) is 10.6 Å². The highest BCUT2D eigenvalue weighted by molar-refractivity contribution is 8.00. The number of nitrogens with one attached hydrogen (secondary N) is 2. The van der Waals surface area contributed by atoms with E-state index in [0.717, 1.165) is 0 Å². The number of rotatable bonds is 7. The average molecular weight is 346 g/mol. The summed E-state index contributed by atoms with van der Waals surface area (Å²) in [6.07, 6.45) is -0.195. The summed E-state index contributed by atoms with van der Waals surface area (Å²) in [4.78, 5) is 34.7. The lowest BCUT2D eigenvalue weighted by Crippen LogP contribution is -2.36. The Morgan fingerprint density at radius 3 is 2.52 bits per heavy atom. The molecule has 0 saturated heterocycles. The molecule has 0 radical (unpaired) electrons. The van der Waals surface area contributed by atoms with Gasteiger partial charge in [-0.15, -0.1) is 11.8 Å². The van der Waals surface area contributed by atoms with Crippen molar-refractivity contribution >= 4 is 29.9 Å². The van der Waals surface area contributed by atoms with Gasteiger partial charge < -0.3 is 14.6 Å². The van der Waals surface area contributed by atoms with Gasteiger partial charge in [-0.25, -0.2) is 9.59 Å². The quantitative estimate of drug-likeness (QED) is 0.645. The second-order valence-corrected chi connectivity index (χ2v) is 5.95. The Kier molecular flexibility index (Phi) is 7.73. The molecule has 1 aliphatic heterocycles.